The van der Waals surface area contributed by atoms with Gasteiger partial charge in [-0.25, -0.2) is 0 Å². The molecule has 3 heterocycles. The molecule has 8 heteroatoms. The lowest BCUT2D eigenvalue weighted by molar-refractivity contribution is -0.733. The summed E-state index contributed by atoms with van der Waals surface area (Å²) in [5.74, 6) is -0.911. The lowest BCUT2D eigenvalue weighted by Crippen LogP contribution is -2.99. The molecule has 6 nitrogen and oxygen atoms in total. The van der Waals surface area contributed by atoms with Crippen molar-refractivity contribution in [3.63, 3.8) is 0 Å². The number of likely N-dealkylation sites (tertiary alicyclic amines) is 1. The molecule has 3 aliphatic heterocycles. The van der Waals surface area contributed by atoms with E-state index >= 15 is 0 Å². The van der Waals surface area contributed by atoms with E-state index in [0.717, 1.165) is 17.7 Å². The molecule has 1 aromatic rings. The Kier molecular flexibility index (Phi) is 4.96. The predicted octanol–water partition coefficient (Wildman–Crippen LogP) is 1.59. The molecule has 2 saturated heterocycles. The van der Waals surface area contributed by atoms with Gasteiger partial charge in [0.2, 0.25) is 17.4 Å². The Morgan fingerprint density at radius 2 is 2.07 bits per heavy atom. The van der Waals surface area contributed by atoms with Crippen LogP contribution in [0.25, 0.3) is 0 Å². The number of anilines is 1. The summed E-state index contributed by atoms with van der Waals surface area (Å²) in [5.41, 5.74) is 0.166. The lowest BCUT2D eigenvalue weighted by Gasteiger charge is -2.28. The van der Waals surface area contributed by atoms with Crippen LogP contribution in [-0.4, -0.2) is 46.7 Å². The first-order valence-electron chi connectivity index (χ1n) is 9.70. The molecule has 28 heavy (non-hydrogen) atoms. The van der Waals surface area contributed by atoms with Gasteiger partial charge in [0.1, 0.15) is 17.9 Å². The fourth-order valence-electron chi connectivity index (χ4n) is 5.11. The van der Waals surface area contributed by atoms with Crippen LogP contribution in [0.1, 0.15) is 32.3 Å². The number of carbonyl (C=O) groups excluding carboxylic acids is 3. The number of thioether (sulfide) groups is 1. The summed E-state index contributed by atoms with van der Waals surface area (Å²) in [6.07, 6.45) is 3.48. The van der Waals surface area contributed by atoms with Crippen molar-refractivity contribution < 1.29 is 19.7 Å². The summed E-state index contributed by atoms with van der Waals surface area (Å²) in [5, 5.41) is 5.32. The zero-order chi connectivity index (χ0) is 20.2. The third-order valence-electron chi connectivity index (χ3n) is 6.57. The fourth-order valence-corrected chi connectivity index (χ4v) is 5.84. The van der Waals surface area contributed by atoms with Crippen LogP contribution in [0, 0.1) is 11.8 Å². The number of carbonyl (C=O) groups is 3. The minimum absolute atomic E-state index is 0.112. The number of fused-ring (bicyclic) bond motifs is 4. The second-order valence-electron chi connectivity index (χ2n) is 7.90. The van der Waals surface area contributed by atoms with Crippen molar-refractivity contribution in [2.24, 2.45) is 11.8 Å². The molecule has 1 aromatic carbocycles. The number of hydrogen-bond acceptors (Lipinski definition) is 4. The number of para-hydroxylation sites is 1. The molecule has 0 unspecified atom stereocenters. The SMILES string of the molecule is CC[C@@H](C)N1C(=O)[C@@H]2[C@H](CCSC)[NH2+][C@@]3(C(=O)Nc4c(Cl)cccc43)[C@@H]2C1=O. The predicted molar refractivity (Wildman–Crippen MR) is 109 cm³/mol. The quantitative estimate of drug-likeness (QED) is 0.706. The maximum atomic E-state index is 13.5. The summed E-state index contributed by atoms with van der Waals surface area (Å²) in [4.78, 5) is 41.5. The number of nitrogens with two attached hydrogens (primary N) is 1. The molecule has 150 valence electrons. The van der Waals surface area contributed by atoms with Crippen LogP contribution in [0.4, 0.5) is 5.69 Å². The lowest BCUT2D eigenvalue weighted by atomic mass is 9.76. The van der Waals surface area contributed by atoms with E-state index in [2.05, 4.69) is 5.32 Å². The Hall–Kier alpha value is -1.57. The van der Waals surface area contributed by atoms with Crippen molar-refractivity contribution in [3.8, 4) is 0 Å². The normalized spacial score (nSPS) is 32.1. The number of nitrogens with zero attached hydrogens (tertiary/aromatic N) is 1. The summed E-state index contributed by atoms with van der Waals surface area (Å²) >= 11 is 8.04. The number of hydrogen-bond donors (Lipinski definition) is 2. The summed E-state index contributed by atoms with van der Waals surface area (Å²) < 4.78 is 0. The summed E-state index contributed by atoms with van der Waals surface area (Å²) in [6.45, 7) is 3.85. The van der Waals surface area contributed by atoms with Crippen LogP contribution in [0.3, 0.4) is 0 Å². The highest BCUT2D eigenvalue weighted by molar-refractivity contribution is 7.98. The largest absolute Gasteiger partial charge is 0.326 e. The topological polar surface area (TPSA) is 83.1 Å². The zero-order valence-corrected chi connectivity index (χ0v) is 17.8. The molecule has 0 bridgehead atoms. The van der Waals surface area contributed by atoms with E-state index in [-0.39, 0.29) is 29.8 Å². The number of halogens is 1. The third kappa shape index (κ3) is 2.49. The molecule has 2 fully saturated rings. The average Bonchev–Trinajstić information content (AvgIpc) is 3.26. The molecule has 3 aliphatic rings. The van der Waals surface area contributed by atoms with E-state index in [1.54, 1.807) is 23.9 Å². The van der Waals surface area contributed by atoms with Gasteiger partial charge in [0.15, 0.2) is 0 Å². The highest BCUT2D eigenvalue weighted by Crippen LogP contribution is 2.51. The first-order chi connectivity index (χ1) is 13.4. The van der Waals surface area contributed by atoms with E-state index in [1.165, 1.54) is 4.90 Å². The Labute approximate surface area is 173 Å². The van der Waals surface area contributed by atoms with Crippen molar-refractivity contribution in [1.29, 1.82) is 0 Å². The van der Waals surface area contributed by atoms with Gasteiger partial charge in [-0.1, -0.05) is 24.6 Å². The van der Waals surface area contributed by atoms with Crippen LogP contribution in [0.5, 0.6) is 0 Å². The number of amides is 3. The first kappa shape index (κ1) is 19.7. The van der Waals surface area contributed by atoms with Gasteiger partial charge in [0.25, 0.3) is 5.91 Å². The van der Waals surface area contributed by atoms with Crippen molar-refractivity contribution in [2.75, 3.05) is 17.3 Å². The Balaban J connectivity index is 1.86. The number of quaternary nitrogens is 1. The average molecular weight is 423 g/mol. The molecular formula is C20H25ClN3O3S+. The molecule has 0 saturated carbocycles. The second kappa shape index (κ2) is 7.04. The molecule has 0 aliphatic carbocycles. The minimum atomic E-state index is -1.12. The molecule has 3 amide bonds. The van der Waals surface area contributed by atoms with E-state index < -0.39 is 17.4 Å². The van der Waals surface area contributed by atoms with Crippen molar-refractivity contribution >= 4 is 46.8 Å². The van der Waals surface area contributed by atoms with Crippen molar-refractivity contribution in [3.05, 3.63) is 28.8 Å². The molecule has 5 atom stereocenters. The Bertz CT molecular complexity index is 863. The van der Waals surface area contributed by atoms with Gasteiger partial charge in [0, 0.05) is 18.0 Å². The van der Waals surface area contributed by atoms with E-state index in [0.29, 0.717) is 17.1 Å². The summed E-state index contributed by atoms with van der Waals surface area (Å²) in [6, 6.07) is 5.10. The highest BCUT2D eigenvalue weighted by Gasteiger charge is 2.74. The van der Waals surface area contributed by atoms with Gasteiger partial charge >= 0.3 is 0 Å². The standard InChI is InChI=1S/C20H24ClN3O3S/c1-4-10(2)24-17(25)14-13(8-9-28-3)23-20(15(14)18(24)26)11-6-5-7-12(21)16(11)22-19(20)27/h5-7,10,13-15,23H,4,8-9H2,1-3H3,(H,22,27)/p+1/t10-,13+,14-,15+,20-/m1/s1. The van der Waals surface area contributed by atoms with Crippen LogP contribution < -0.4 is 10.6 Å². The number of imide groups is 1. The van der Waals surface area contributed by atoms with Gasteiger partial charge in [0.05, 0.1) is 10.7 Å². The van der Waals surface area contributed by atoms with Gasteiger partial charge in [-0.05, 0) is 37.5 Å². The molecule has 4 rings (SSSR count). The van der Waals surface area contributed by atoms with Crippen molar-refractivity contribution in [1.82, 2.24) is 4.90 Å². The third-order valence-corrected chi connectivity index (χ3v) is 7.53. The molecule has 0 aromatic heterocycles. The molecular weight excluding hydrogens is 398 g/mol. The van der Waals surface area contributed by atoms with Crippen LogP contribution in [0.15, 0.2) is 18.2 Å². The zero-order valence-electron chi connectivity index (χ0n) is 16.2. The van der Waals surface area contributed by atoms with Crippen LogP contribution >= 0.6 is 23.4 Å². The molecule has 0 radical (unpaired) electrons. The molecule has 1 spiro atoms. The minimum Gasteiger partial charge on any atom is -0.326 e. The van der Waals surface area contributed by atoms with E-state index in [4.69, 9.17) is 11.6 Å². The maximum absolute atomic E-state index is 13.5. The Morgan fingerprint density at radius 1 is 1.32 bits per heavy atom. The summed E-state index contributed by atoms with van der Waals surface area (Å²) in [7, 11) is 0. The molecule has 3 N–H and O–H groups in total. The van der Waals surface area contributed by atoms with Gasteiger partial charge in [-0.3, -0.25) is 19.3 Å². The smallest absolute Gasteiger partial charge is 0.291 e. The highest BCUT2D eigenvalue weighted by atomic mass is 35.5. The number of nitrogens with one attached hydrogen (secondary N) is 1. The number of rotatable bonds is 5. The fraction of sp³-hybridized carbons (Fsp3) is 0.550. The van der Waals surface area contributed by atoms with Crippen LogP contribution in [-0.2, 0) is 19.9 Å². The van der Waals surface area contributed by atoms with Gasteiger partial charge in [-0.15, -0.1) is 0 Å². The maximum Gasteiger partial charge on any atom is 0.291 e. The van der Waals surface area contributed by atoms with Gasteiger partial charge < -0.3 is 10.6 Å². The van der Waals surface area contributed by atoms with E-state index in [9.17, 15) is 14.4 Å². The number of benzene rings is 1. The Morgan fingerprint density at radius 3 is 2.75 bits per heavy atom. The first-order valence-corrected chi connectivity index (χ1v) is 11.5. The second-order valence-corrected chi connectivity index (χ2v) is 9.30. The van der Waals surface area contributed by atoms with Crippen LogP contribution in [0.2, 0.25) is 5.02 Å². The van der Waals surface area contributed by atoms with Crippen molar-refractivity contribution in [2.45, 2.75) is 44.3 Å². The van der Waals surface area contributed by atoms with E-state index in [1.807, 2.05) is 31.5 Å². The monoisotopic (exact) mass is 422 g/mol. The van der Waals surface area contributed by atoms with Gasteiger partial charge in [-0.2, -0.15) is 11.8 Å².